The van der Waals surface area contributed by atoms with Gasteiger partial charge in [0.2, 0.25) is 17.6 Å². The summed E-state index contributed by atoms with van der Waals surface area (Å²) in [7, 11) is 0. The maximum atomic E-state index is 14.3. The lowest BCUT2D eigenvalue weighted by molar-refractivity contribution is -0.144. The van der Waals surface area contributed by atoms with Crippen molar-refractivity contribution in [3.05, 3.63) is 34.9 Å². The first-order valence-corrected chi connectivity index (χ1v) is 17.8. The number of aryl methyl sites for hydroxylation is 1. The maximum absolute atomic E-state index is 14.3. The Bertz CT molecular complexity index is 1440. The van der Waals surface area contributed by atoms with Crippen molar-refractivity contribution in [1.29, 1.82) is 0 Å². The third kappa shape index (κ3) is 9.10. The molecule has 1 aromatic carbocycles. The van der Waals surface area contributed by atoms with Gasteiger partial charge in [0.05, 0.1) is 19.2 Å². The molecule has 1 saturated carbocycles. The molecule has 3 aliphatic heterocycles. The number of fused-ring (bicyclic) bond motifs is 3. The van der Waals surface area contributed by atoms with Crippen molar-refractivity contribution in [2.45, 2.75) is 135 Å². The van der Waals surface area contributed by atoms with Gasteiger partial charge in [-0.05, 0) is 60.6 Å². The Morgan fingerprint density at radius 1 is 1.02 bits per heavy atom. The molecule has 3 heterocycles. The molecule has 4 aliphatic rings. The van der Waals surface area contributed by atoms with Gasteiger partial charge >= 0.3 is 12.2 Å². The monoisotopic (exact) mass is 681 g/mol. The average Bonchev–Trinajstić information content (AvgIpc) is 3.58. The van der Waals surface area contributed by atoms with Crippen LogP contribution < -0.4 is 16.0 Å². The molecule has 0 radical (unpaired) electrons. The van der Waals surface area contributed by atoms with E-state index in [-0.39, 0.29) is 32.0 Å². The molecule has 4 bridgehead atoms. The highest BCUT2D eigenvalue weighted by molar-refractivity contribution is 6.38. The van der Waals surface area contributed by atoms with Gasteiger partial charge in [-0.15, -0.1) is 0 Å². The first-order chi connectivity index (χ1) is 23.3. The van der Waals surface area contributed by atoms with E-state index < -0.39 is 65.3 Å². The van der Waals surface area contributed by atoms with Crippen molar-refractivity contribution in [3.63, 3.8) is 0 Å². The molecule has 1 saturated heterocycles. The second-order valence-electron chi connectivity index (χ2n) is 14.9. The number of Topliss-reactive ketones (excluding diaryl/α,β-unsaturated/α-hetero) is 1. The summed E-state index contributed by atoms with van der Waals surface area (Å²) in [6.45, 7) is 8.17. The number of hydrogen-bond donors (Lipinski definition) is 3. The summed E-state index contributed by atoms with van der Waals surface area (Å²) < 4.78 is 11.4. The van der Waals surface area contributed by atoms with Crippen LogP contribution in [0.4, 0.5) is 9.59 Å². The Labute approximate surface area is 288 Å². The molecule has 1 aliphatic carbocycles. The van der Waals surface area contributed by atoms with Crippen LogP contribution in [0.2, 0.25) is 0 Å². The smallest absolute Gasteiger partial charge is 0.410 e. The van der Waals surface area contributed by atoms with E-state index in [0.29, 0.717) is 25.9 Å². The number of alkyl carbamates (subject to hydrolysis) is 1. The molecular formula is C36H51N5O8. The fraction of sp³-hybridized carbons (Fsp3) is 0.667. The van der Waals surface area contributed by atoms with Crippen LogP contribution in [0.25, 0.3) is 0 Å². The van der Waals surface area contributed by atoms with Crippen LogP contribution in [-0.4, -0.2) is 88.9 Å². The lowest BCUT2D eigenvalue weighted by Crippen LogP contribution is -2.59. The first-order valence-electron chi connectivity index (χ1n) is 17.8. The summed E-state index contributed by atoms with van der Waals surface area (Å²) in [6.07, 6.45) is 4.61. The quantitative estimate of drug-likeness (QED) is 0.369. The van der Waals surface area contributed by atoms with Crippen LogP contribution in [0.3, 0.4) is 0 Å². The minimum absolute atomic E-state index is 0.0159. The Kier molecular flexibility index (Phi) is 11.5. The molecule has 4 atom stereocenters. The zero-order chi connectivity index (χ0) is 35.3. The zero-order valence-electron chi connectivity index (χ0n) is 29.2. The number of cyclic esters (lactones) is 1. The van der Waals surface area contributed by atoms with Crippen molar-refractivity contribution in [3.8, 4) is 0 Å². The third-order valence-electron chi connectivity index (χ3n) is 9.75. The average molecular weight is 682 g/mol. The number of nitrogens with zero attached hydrogens (tertiary/aromatic N) is 2. The molecular weight excluding hydrogens is 630 g/mol. The highest BCUT2D eigenvalue weighted by atomic mass is 16.6. The first kappa shape index (κ1) is 36.1. The van der Waals surface area contributed by atoms with Crippen molar-refractivity contribution >= 4 is 35.7 Å². The lowest BCUT2D eigenvalue weighted by Gasteiger charge is -2.35. The van der Waals surface area contributed by atoms with E-state index in [4.69, 9.17) is 9.47 Å². The van der Waals surface area contributed by atoms with Gasteiger partial charge < -0.3 is 30.3 Å². The maximum Gasteiger partial charge on any atom is 0.410 e. The van der Waals surface area contributed by atoms with Crippen molar-refractivity contribution < 1.29 is 38.2 Å². The van der Waals surface area contributed by atoms with Gasteiger partial charge in [-0.25, -0.2) is 9.59 Å². The molecule has 3 N–H and O–H groups in total. The number of carbonyl (C=O) groups is 6. The van der Waals surface area contributed by atoms with Crippen LogP contribution >= 0.6 is 0 Å². The molecule has 268 valence electrons. The number of nitrogens with one attached hydrogen (secondary N) is 3. The number of rotatable bonds is 7. The number of carbonyl (C=O) groups excluding carboxylic acids is 6. The molecule has 1 aromatic rings. The molecule has 2 fully saturated rings. The SMILES string of the molecule is CCC[C@H](NC(=O)[C@@H]1CC2CN1C(=O)[C@H](C(C)(C)C)NC(=O)OCCCCCCc1cccc3c1CN(C3)C(=O)O2)C(=O)C(=O)NC1CC1. The number of hydrogen-bond acceptors (Lipinski definition) is 8. The lowest BCUT2D eigenvalue weighted by atomic mass is 9.85. The largest absolute Gasteiger partial charge is 0.450 e. The summed E-state index contributed by atoms with van der Waals surface area (Å²) in [6, 6.07) is 2.82. The third-order valence-corrected chi connectivity index (χ3v) is 9.75. The molecule has 13 heteroatoms. The zero-order valence-corrected chi connectivity index (χ0v) is 29.2. The summed E-state index contributed by atoms with van der Waals surface area (Å²) in [5.41, 5.74) is 2.62. The Hall–Kier alpha value is -4.16. The topological polar surface area (TPSA) is 163 Å². The van der Waals surface area contributed by atoms with Gasteiger partial charge in [-0.2, -0.15) is 0 Å². The van der Waals surface area contributed by atoms with E-state index in [2.05, 4.69) is 22.0 Å². The summed E-state index contributed by atoms with van der Waals surface area (Å²) in [5.74, 6) is -2.66. The van der Waals surface area contributed by atoms with Crippen LogP contribution in [0.1, 0.15) is 102 Å². The van der Waals surface area contributed by atoms with E-state index in [1.807, 2.05) is 19.1 Å². The van der Waals surface area contributed by atoms with Crippen molar-refractivity contribution in [2.24, 2.45) is 5.41 Å². The Morgan fingerprint density at radius 3 is 2.47 bits per heavy atom. The fourth-order valence-corrected chi connectivity index (χ4v) is 6.82. The number of ether oxygens (including phenoxy) is 2. The van der Waals surface area contributed by atoms with E-state index in [1.165, 1.54) is 10.5 Å². The second kappa shape index (κ2) is 15.6. The van der Waals surface area contributed by atoms with E-state index >= 15 is 0 Å². The van der Waals surface area contributed by atoms with Crippen molar-refractivity contribution in [2.75, 3.05) is 13.2 Å². The van der Waals surface area contributed by atoms with Gasteiger partial charge in [-0.3, -0.25) is 24.1 Å². The van der Waals surface area contributed by atoms with Gasteiger partial charge in [0.1, 0.15) is 18.2 Å². The van der Waals surface area contributed by atoms with Crippen LogP contribution in [0.5, 0.6) is 0 Å². The minimum Gasteiger partial charge on any atom is -0.450 e. The van der Waals surface area contributed by atoms with E-state index in [1.54, 1.807) is 25.7 Å². The van der Waals surface area contributed by atoms with Crippen LogP contribution in [-0.2, 0) is 48.2 Å². The highest BCUT2D eigenvalue weighted by Gasteiger charge is 2.47. The van der Waals surface area contributed by atoms with Gasteiger partial charge in [-0.1, -0.05) is 65.2 Å². The summed E-state index contributed by atoms with van der Waals surface area (Å²) in [5, 5.41) is 8.13. The van der Waals surface area contributed by atoms with Crippen LogP contribution in [0, 0.1) is 5.41 Å². The Morgan fingerprint density at radius 2 is 1.76 bits per heavy atom. The van der Waals surface area contributed by atoms with E-state index in [9.17, 15) is 28.8 Å². The van der Waals surface area contributed by atoms with Crippen LogP contribution in [0.15, 0.2) is 18.2 Å². The number of benzene rings is 1. The highest BCUT2D eigenvalue weighted by Crippen LogP contribution is 2.31. The number of ketones is 1. The predicted octanol–water partition coefficient (Wildman–Crippen LogP) is 3.50. The van der Waals surface area contributed by atoms with Crippen molar-refractivity contribution in [1.82, 2.24) is 25.8 Å². The molecule has 13 nitrogen and oxygen atoms in total. The molecule has 1 unspecified atom stereocenters. The van der Waals surface area contributed by atoms with Gasteiger partial charge in [0.25, 0.3) is 5.91 Å². The molecule has 0 spiro atoms. The van der Waals surface area contributed by atoms with E-state index in [0.717, 1.165) is 49.7 Å². The second-order valence-corrected chi connectivity index (χ2v) is 14.9. The van der Waals surface area contributed by atoms with Gasteiger partial charge in [0, 0.05) is 25.6 Å². The standard InChI is InChI=1S/C36H51N5O8/c1-5-11-27(29(42)32(44)37-24-15-16-24)38-31(43)28-18-25-20-41(28)33(45)30(36(2,3)4)39-34(46)48-17-9-7-6-8-12-22-13-10-14-23-19-40(21-26(22)23)35(47)49-25/h10,13-14,24-25,27-28,30H,5-9,11-12,15-21H2,1-4H3,(H,37,44)(H,38,43)(H,39,46)/t25?,27-,28-,30+/m0/s1. The summed E-state index contributed by atoms with van der Waals surface area (Å²) in [4.78, 5) is 83.3. The molecule has 5 amide bonds. The number of amides is 5. The molecule has 0 aromatic heterocycles. The fourth-order valence-electron chi connectivity index (χ4n) is 6.82. The normalized spacial score (nSPS) is 24.3. The summed E-state index contributed by atoms with van der Waals surface area (Å²) >= 11 is 0. The molecule has 49 heavy (non-hydrogen) atoms. The predicted molar refractivity (Wildman–Crippen MR) is 179 cm³/mol. The minimum atomic E-state index is -1.12. The van der Waals surface area contributed by atoms with Gasteiger partial charge in [0.15, 0.2) is 0 Å². The Balaban J connectivity index is 1.39. The molecule has 5 rings (SSSR count).